The van der Waals surface area contributed by atoms with Gasteiger partial charge in [-0.05, 0) is 39.0 Å². The van der Waals surface area contributed by atoms with Crippen LogP contribution in [-0.2, 0) is 4.79 Å². The highest BCUT2D eigenvalue weighted by Crippen LogP contribution is 2.04. The first kappa shape index (κ1) is 18.1. The third-order valence-electron chi connectivity index (χ3n) is 3.43. The van der Waals surface area contributed by atoms with Crippen LogP contribution in [-0.4, -0.2) is 60.1 Å². The molecule has 0 aliphatic carbocycles. The molecule has 0 aromatic rings. The molecule has 0 aliphatic heterocycles. The Morgan fingerprint density at radius 1 is 1.21 bits per heavy atom. The molecule has 1 atom stereocenters. The molecule has 1 N–H and O–H groups in total. The molecule has 4 heteroatoms. The zero-order valence-electron chi connectivity index (χ0n) is 12.8. The van der Waals surface area contributed by atoms with Crippen molar-refractivity contribution in [3.63, 3.8) is 0 Å². The van der Waals surface area contributed by atoms with Crippen LogP contribution in [0.25, 0.3) is 0 Å². The van der Waals surface area contributed by atoms with Crippen molar-refractivity contribution in [1.82, 2.24) is 9.80 Å². The standard InChI is InChI=1S/C15H30N2O2/c1-5-10-17(13-14(4)15(18)19)12-9-8-11-16(6-2)7-3/h5,14H,1,6-13H2,2-4H3,(H,18,19). The fraction of sp³-hybridized carbons (Fsp3) is 0.800. The van der Waals surface area contributed by atoms with Crippen molar-refractivity contribution in [1.29, 1.82) is 0 Å². The van der Waals surface area contributed by atoms with E-state index in [1.54, 1.807) is 6.92 Å². The molecule has 4 nitrogen and oxygen atoms in total. The van der Waals surface area contributed by atoms with Gasteiger partial charge in [-0.2, -0.15) is 0 Å². The monoisotopic (exact) mass is 270 g/mol. The quantitative estimate of drug-likeness (QED) is 0.436. The van der Waals surface area contributed by atoms with E-state index >= 15 is 0 Å². The first-order valence-corrected chi connectivity index (χ1v) is 7.33. The van der Waals surface area contributed by atoms with Crippen LogP contribution >= 0.6 is 0 Å². The largest absolute Gasteiger partial charge is 0.481 e. The zero-order chi connectivity index (χ0) is 14.7. The molecule has 0 spiro atoms. The second-order valence-corrected chi connectivity index (χ2v) is 5.02. The number of carboxylic acid groups (broad SMARTS) is 1. The summed E-state index contributed by atoms with van der Waals surface area (Å²) in [5, 5.41) is 8.95. The lowest BCUT2D eigenvalue weighted by Gasteiger charge is -2.23. The lowest BCUT2D eigenvalue weighted by atomic mass is 10.1. The van der Waals surface area contributed by atoms with Gasteiger partial charge in [-0.15, -0.1) is 6.58 Å². The van der Waals surface area contributed by atoms with Gasteiger partial charge >= 0.3 is 5.97 Å². The average molecular weight is 270 g/mol. The SMILES string of the molecule is C=CCN(CCCCN(CC)CC)CC(C)C(=O)O. The highest BCUT2D eigenvalue weighted by atomic mass is 16.4. The summed E-state index contributed by atoms with van der Waals surface area (Å²) >= 11 is 0. The molecule has 1 unspecified atom stereocenters. The van der Waals surface area contributed by atoms with E-state index in [0.717, 1.165) is 45.6 Å². The Labute approximate surface area is 118 Å². The van der Waals surface area contributed by atoms with Crippen molar-refractivity contribution in [3.8, 4) is 0 Å². The lowest BCUT2D eigenvalue weighted by molar-refractivity contribution is -0.141. The van der Waals surface area contributed by atoms with Crippen LogP contribution in [0.15, 0.2) is 12.7 Å². The van der Waals surface area contributed by atoms with E-state index in [9.17, 15) is 4.79 Å². The van der Waals surface area contributed by atoms with Gasteiger partial charge in [-0.3, -0.25) is 9.69 Å². The molecule has 0 fully saturated rings. The molecule has 112 valence electrons. The van der Waals surface area contributed by atoms with Gasteiger partial charge in [0, 0.05) is 13.1 Å². The lowest BCUT2D eigenvalue weighted by Crippen LogP contribution is -2.33. The van der Waals surface area contributed by atoms with Crippen LogP contribution in [0, 0.1) is 5.92 Å². The number of carbonyl (C=O) groups is 1. The topological polar surface area (TPSA) is 43.8 Å². The number of hydrogen-bond acceptors (Lipinski definition) is 3. The number of rotatable bonds is 12. The van der Waals surface area contributed by atoms with E-state index in [1.807, 2.05) is 6.08 Å². The second kappa shape index (κ2) is 11.0. The summed E-state index contributed by atoms with van der Waals surface area (Å²) in [5.74, 6) is -1.04. The molecule has 0 aliphatic rings. The van der Waals surface area contributed by atoms with E-state index in [0.29, 0.717) is 6.54 Å². The normalized spacial score (nSPS) is 12.9. The summed E-state index contributed by atoms with van der Waals surface area (Å²) in [6, 6.07) is 0. The predicted octanol–water partition coefficient (Wildman–Crippen LogP) is 2.32. The minimum atomic E-state index is -0.725. The van der Waals surface area contributed by atoms with Crippen LogP contribution in [0.1, 0.15) is 33.6 Å². The number of hydrogen-bond donors (Lipinski definition) is 1. The Kier molecular flexibility index (Phi) is 10.5. The van der Waals surface area contributed by atoms with Crippen LogP contribution in [0.3, 0.4) is 0 Å². The molecule has 0 heterocycles. The smallest absolute Gasteiger partial charge is 0.307 e. The van der Waals surface area contributed by atoms with Crippen LogP contribution in [0.4, 0.5) is 0 Å². The van der Waals surface area contributed by atoms with Gasteiger partial charge in [0.25, 0.3) is 0 Å². The second-order valence-electron chi connectivity index (χ2n) is 5.02. The Morgan fingerprint density at radius 2 is 1.74 bits per heavy atom. The summed E-state index contributed by atoms with van der Waals surface area (Å²) in [6.07, 6.45) is 4.12. The van der Waals surface area contributed by atoms with E-state index < -0.39 is 5.97 Å². The number of carboxylic acids is 1. The Morgan fingerprint density at radius 3 is 2.16 bits per heavy atom. The predicted molar refractivity (Wildman–Crippen MR) is 80.5 cm³/mol. The molecular weight excluding hydrogens is 240 g/mol. The van der Waals surface area contributed by atoms with Crippen molar-refractivity contribution in [2.45, 2.75) is 33.6 Å². The molecule has 0 saturated carbocycles. The molecule has 0 rings (SSSR count). The molecule has 0 bridgehead atoms. The molecule has 0 saturated heterocycles. The molecule has 0 aromatic heterocycles. The highest BCUT2D eigenvalue weighted by Gasteiger charge is 2.15. The third kappa shape index (κ3) is 8.78. The van der Waals surface area contributed by atoms with E-state index in [1.165, 1.54) is 0 Å². The van der Waals surface area contributed by atoms with Crippen molar-refractivity contribution in [2.75, 3.05) is 39.3 Å². The number of aliphatic carboxylic acids is 1. The average Bonchev–Trinajstić information content (AvgIpc) is 2.38. The van der Waals surface area contributed by atoms with Crippen LogP contribution < -0.4 is 0 Å². The summed E-state index contributed by atoms with van der Waals surface area (Å²) in [6.45, 7) is 15.5. The minimum absolute atomic E-state index is 0.317. The third-order valence-corrected chi connectivity index (χ3v) is 3.43. The first-order valence-electron chi connectivity index (χ1n) is 7.33. The summed E-state index contributed by atoms with van der Waals surface area (Å²) in [4.78, 5) is 15.5. The molecule has 0 aromatic carbocycles. The van der Waals surface area contributed by atoms with Gasteiger partial charge in [-0.1, -0.05) is 26.8 Å². The molecule has 19 heavy (non-hydrogen) atoms. The fourth-order valence-electron chi connectivity index (χ4n) is 2.12. The van der Waals surface area contributed by atoms with Gasteiger partial charge < -0.3 is 10.0 Å². The number of unbranched alkanes of at least 4 members (excludes halogenated alkanes) is 1. The maximum atomic E-state index is 10.9. The van der Waals surface area contributed by atoms with Crippen molar-refractivity contribution >= 4 is 5.97 Å². The fourth-order valence-corrected chi connectivity index (χ4v) is 2.12. The first-order chi connectivity index (χ1) is 9.04. The Bertz CT molecular complexity index is 253. The van der Waals surface area contributed by atoms with Gasteiger partial charge in [0.2, 0.25) is 0 Å². The summed E-state index contributed by atoms with van der Waals surface area (Å²) < 4.78 is 0. The molecule has 0 radical (unpaired) electrons. The number of nitrogens with zero attached hydrogens (tertiary/aromatic N) is 2. The Balaban J connectivity index is 3.94. The summed E-state index contributed by atoms with van der Waals surface area (Å²) in [7, 11) is 0. The maximum absolute atomic E-state index is 10.9. The van der Waals surface area contributed by atoms with Gasteiger partial charge in [0.1, 0.15) is 0 Å². The maximum Gasteiger partial charge on any atom is 0.307 e. The van der Waals surface area contributed by atoms with E-state index in [-0.39, 0.29) is 5.92 Å². The van der Waals surface area contributed by atoms with Crippen molar-refractivity contribution in [2.24, 2.45) is 5.92 Å². The van der Waals surface area contributed by atoms with Gasteiger partial charge in [0.15, 0.2) is 0 Å². The minimum Gasteiger partial charge on any atom is -0.481 e. The van der Waals surface area contributed by atoms with Crippen LogP contribution in [0.2, 0.25) is 0 Å². The molecular formula is C15H30N2O2. The van der Waals surface area contributed by atoms with Gasteiger partial charge in [0.05, 0.1) is 5.92 Å². The highest BCUT2D eigenvalue weighted by molar-refractivity contribution is 5.69. The van der Waals surface area contributed by atoms with Crippen molar-refractivity contribution < 1.29 is 9.90 Å². The van der Waals surface area contributed by atoms with E-state index in [2.05, 4.69) is 30.2 Å². The zero-order valence-corrected chi connectivity index (χ0v) is 12.8. The van der Waals surface area contributed by atoms with Crippen molar-refractivity contribution in [3.05, 3.63) is 12.7 Å². The molecule has 0 amide bonds. The van der Waals surface area contributed by atoms with Gasteiger partial charge in [-0.25, -0.2) is 0 Å². The summed E-state index contributed by atoms with van der Waals surface area (Å²) in [5.41, 5.74) is 0. The Hall–Kier alpha value is -0.870. The van der Waals surface area contributed by atoms with E-state index in [4.69, 9.17) is 5.11 Å². The van der Waals surface area contributed by atoms with Crippen LogP contribution in [0.5, 0.6) is 0 Å².